The molecule has 4 N–H and O–H groups in total. The molecule has 1 aromatic heterocycles. The molecule has 2 aliphatic rings. The second-order valence-corrected chi connectivity index (χ2v) is 7.90. The Morgan fingerprint density at radius 2 is 2.03 bits per heavy atom. The Hall–Kier alpha value is -2.90. The average molecular weight is 398 g/mol. The lowest BCUT2D eigenvalue weighted by molar-refractivity contribution is -0.121. The summed E-state index contributed by atoms with van der Waals surface area (Å²) in [5.41, 5.74) is 8.73. The summed E-state index contributed by atoms with van der Waals surface area (Å²) in [6.45, 7) is 4.27. The lowest BCUT2D eigenvalue weighted by Crippen LogP contribution is -2.34. The van der Waals surface area contributed by atoms with Gasteiger partial charge in [0.25, 0.3) is 0 Å². The number of aryl methyl sites for hydroxylation is 1. The molecule has 0 spiro atoms. The van der Waals surface area contributed by atoms with Gasteiger partial charge in [-0.25, -0.2) is 9.37 Å². The first kappa shape index (κ1) is 19.4. The highest BCUT2D eigenvalue weighted by atomic mass is 19.1. The highest BCUT2D eigenvalue weighted by Crippen LogP contribution is 2.30. The molecule has 1 amide bonds. The van der Waals surface area contributed by atoms with Crippen LogP contribution in [0, 0.1) is 18.7 Å². The fourth-order valence-electron chi connectivity index (χ4n) is 4.35. The van der Waals surface area contributed by atoms with Crippen molar-refractivity contribution in [2.45, 2.75) is 45.1 Å². The number of anilines is 4. The maximum Gasteiger partial charge on any atom is 0.229 e. The molecule has 1 aliphatic heterocycles. The summed E-state index contributed by atoms with van der Waals surface area (Å²) in [7, 11) is 0. The third kappa shape index (κ3) is 4.26. The zero-order chi connectivity index (χ0) is 20.4. The minimum absolute atomic E-state index is 0.0889. The van der Waals surface area contributed by atoms with E-state index in [2.05, 4.69) is 38.5 Å². The van der Waals surface area contributed by atoms with E-state index in [4.69, 9.17) is 5.73 Å². The zero-order valence-electron chi connectivity index (χ0n) is 16.6. The van der Waals surface area contributed by atoms with E-state index in [1.54, 1.807) is 0 Å². The number of amides is 1. The molecule has 1 aromatic carbocycles. The molecule has 7 nitrogen and oxygen atoms in total. The van der Waals surface area contributed by atoms with Gasteiger partial charge in [0, 0.05) is 30.5 Å². The van der Waals surface area contributed by atoms with Gasteiger partial charge in [-0.15, -0.1) is 0 Å². The molecule has 0 radical (unpaired) electrons. The summed E-state index contributed by atoms with van der Waals surface area (Å²) in [6, 6.07) is 5.93. The molecule has 1 saturated heterocycles. The van der Waals surface area contributed by atoms with Crippen LogP contribution >= 0.6 is 0 Å². The monoisotopic (exact) mass is 398 g/mol. The van der Waals surface area contributed by atoms with Crippen LogP contribution in [-0.2, 0) is 4.79 Å². The zero-order valence-corrected chi connectivity index (χ0v) is 16.6. The maximum absolute atomic E-state index is 14.2. The minimum atomic E-state index is -0.550. The Kier molecular flexibility index (Phi) is 5.51. The predicted octanol–water partition coefficient (Wildman–Crippen LogP) is 3.33. The van der Waals surface area contributed by atoms with E-state index in [1.807, 2.05) is 12.1 Å². The van der Waals surface area contributed by atoms with Crippen LogP contribution < -0.4 is 21.3 Å². The third-order valence-electron chi connectivity index (χ3n) is 5.85. The molecule has 0 bridgehead atoms. The number of hydrogen-bond acceptors (Lipinski definition) is 6. The average Bonchev–Trinajstić information content (AvgIpc) is 3.36. The fraction of sp³-hybridized carbons (Fsp3) is 0.476. The van der Waals surface area contributed by atoms with Gasteiger partial charge >= 0.3 is 0 Å². The van der Waals surface area contributed by atoms with Gasteiger partial charge in [-0.1, -0.05) is 6.42 Å². The first-order chi connectivity index (χ1) is 14.0. The van der Waals surface area contributed by atoms with Crippen LogP contribution in [0.1, 0.15) is 37.7 Å². The van der Waals surface area contributed by atoms with E-state index in [0.717, 1.165) is 37.8 Å². The summed E-state index contributed by atoms with van der Waals surface area (Å²) < 4.78 is 14.2. The third-order valence-corrected chi connectivity index (χ3v) is 5.85. The fourth-order valence-corrected chi connectivity index (χ4v) is 4.35. The van der Waals surface area contributed by atoms with Crippen molar-refractivity contribution in [2.24, 2.45) is 11.7 Å². The van der Waals surface area contributed by atoms with Gasteiger partial charge in [-0.2, -0.15) is 4.98 Å². The predicted molar refractivity (Wildman–Crippen MR) is 112 cm³/mol. The minimum Gasteiger partial charge on any atom is -0.371 e. The standard InChI is InChI=1S/C21H27FN6O/c1-13-11-14(7-8-18(13)28-9-2-3-10-28)25-21-24-12-16(22)20(27-21)26-17-6-4-5-15(17)19(23)29/h7-8,11-12,15,17H,2-6,9-10H2,1H3,(H2,23,29)(H2,24,25,26,27)/t15-,17+/m1/s1. The van der Waals surface area contributed by atoms with Crippen molar-refractivity contribution in [3.63, 3.8) is 0 Å². The summed E-state index contributed by atoms with van der Waals surface area (Å²) in [6.07, 6.45) is 5.96. The molecule has 2 atom stereocenters. The molecule has 0 unspecified atom stereocenters. The number of benzene rings is 1. The number of nitrogens with one attached hydrogen (secondary N) is 2. The molecular weight excluding hydrogens is 371 g/mol. The molecule has 2 aromatic rings. The van der Waals surface area contributed by atoms with Crippen molar-refractivity contribution in [1.82, 2.24) is 9.97 Å². The number of nitrogens with zero attached hydrogens (tertiary/aromatic N) is 3. The highest BCUT2D eigenvalue weighted by molar-refractivity contribution is 5.78. The largest absolute Gasteiger partial charge is 0.371 e. The van der Waals surface area contributed by atoms with Gasteiger partial charge in [0.1, 0.15) is 0 Å². The number of rotatable bonds is 6. The van der Waals surface area contributed by atoms with E-state index < -0.39 is 5.82 Å². The molecular formula is C21H27FN6O. The quantitative estimate of drug-likeness (QED) is 0.691. The van der Waals surface area contributed by atoms with Gasteiger partial charge in [-0.3, -0.25) is 4.79 Å². The van der Waals surface area contributed by atoms with Crippen LogP contribution in [0.25, 0.3) is 0 Å². The molecule has 1 saturated carbocycles. The van der Waals surface area contributed by atoms with Gasteiger partial charge < -0.3 is 21.3 Å². The Bertz CT molecular complexity index is 899. The van der Waals surface area contributed by atoms with Crippen LogP contribution in [0.4, 0.5) is 27.5 Å². The number of primary amides is 1. The van der Waals surface area contributed by atoms with Gasteiger partial charge in [0.15, 0.2) is 11.6 Å². The van der Waals surface area contributed by atoms with Crippen LogP contribution in [0.3, 0.4) is 0 Å². The van der Waals surface area contributed by atoms with Crippen LogP contribution in [0.15, 0.2) is 24.4 Å². The lowest BCUT2D eigenvalue weighted by Gasteiger charge is -2.21. The Labute approximate surface area is 169 Å². The molecule has 29 heavy (non-hydrogen) atoms. The summed E-state index contributed by atoms with van der Waals surface area (Å²) in [4.78, 5) is 22.3. The summed E-state index contributed by atoms with van der Waals surface area (Å²) in [5, 5.41) is 6.20. The van der Waals surface area contributed by atoms with E-state index >= 15 is 0 Å². The molecule has 2 heterocycles. The SMILES string of the molecule is Cc1cc(Nc2ncc(F)c(N[C@H]3CCC[C@H]3C(N)=O)n2)ccc1N1CCCC1. The van der Waals surface area contributed by atoms with Crippen LogP contribution in [-0.4, -0.2) is 35.0 Å². The number of carbonyl (C=O) groups is 1. The van der Waals surface area contributed by atoms with Crippen molar-refractivity contribution in [3.05, 3.63) is 35.8 Å². The normalized spacial score (nSPS) is 21.4. The van der Waals surface area contributed by atoms with Gasteiger partial charge in [0.2, 0.25) is 11.9 Å². The van der Waals surface area contributed by atoms with E-state index in [1.165, 1.54) is 24.1 Å². The van der Waals surface area contributed by atoms with Gasteiger partial charge in [0.05, 0.1) is 12.1 Å². The Balaban J connectivity index is 1.49. The molecule has 2 fully saturated rings. The van der Waals surface area contributed by atoms with E-state index in [-0.39, 0.29) is 23.7 Å². The number of hydrogen-bond donors (Lipinski definition) is 3. The lowest BCUT2D eigenvalue weighted by atomic mass is 10.0. The van der Waals surface area contributed by atoms with Crippen molar-refractivity contribution < 1.29 is 9.18 Å². The van der Waals surface area contributed by atoms with E-state index in [0.29, 0.717) is 12.4 Å². The molecule has 1 aliphatic carbocycles. The Morgan fingerprint density at radius 3 is 2.76 bits per heavy atom. The van der Waals surface area contributed by atoms with Crippen molar-refractivity contribution in [2.75, 3.05) is 28.6 Å². The highest BCUT2D eigenvalue weighted by Gasteiger charge is 2.32. The van der Waals surface area contributed by atoms with E-state index in [9.17, 15) is 9.18 Å². The topological polar surface area (TPSA) is 96.2 Å². The number of aromatic nitrogens is 2. The smallest absolute Gasteiger partial charge is 0.229 e. The second-order valence-electron chi connectivity index (χ2n) is 7.90. The van der Waals surface area contributed by atoms with Crippen LogP contribution in [0.2, 0.25) is 0 Å². The Morgan fingerprint density at radius 1 is 1.24 bits per heavy atom. The summed E-state index contributed by atoms with van der Waals surface area (Å²) in [5.74, 6) is -0.823. The van der Waals surface area contributed by atoms with Gasteiger partial charge in [-0.05, 0) is 56.4 Å². The summed E-state index contributed by atoms with van der Waals surface area (Å²) >= 11 is 0. The van der Waals surface area contributed by atoms with Crippen LogP contribution in [0.5, 0.6) is 0 Å². The van der Waals surface area contributed by atoms with Crippen molar-refractivity contribution in [3.8, 4) is 0 Å². The van der Waals surface area contributed by atoms with Crippen molar-refractivity contribution in [1.29, 1.82) is 0 Å². The maximum atomic E-state index is 14.2. The molecule has 4 rings (SSSR count). The van der Waals surface area contributed by atoms with Crippen molar-refractivity contribution >= 4 is 29.0 Å². The second kappa shape index (κ2) is 8.23. The molecule has 8 heteroatoms. The first-order valence-electron chi connectivity index (χ1n) is 10.2. The molecule has 154 valence electrons. The number of halogens is 1. The number of nitrogens with two attached hydrogens (primary N) is 1. The number of carbonyl (C=O) groups excluding carboxylic acids is 1. The first-order valence-corrected chi connectivity index (χ1v) is 10.2.